The summed E-state index contributed by atoms with van der Waals surface area (Å²) in [5, 5.41) is 40.9. The van der Waals surface area contributed by atoms with E-state index in [1.807, 2.05) is 58.2 Å². The Kier molecular flexibility index (Phi) is 24.5. The lowest BCUT2D eigenvalue weighted by atomic mass is 9.64. The van der Waals surface area contributed by atoms with Crippen LogP contribution in [0.5, 0.6) is 0 Å². The molecule has 4 N–H and O–H groups in total. The van der Waals surface area contributed by atoms with Gasteiger partial charge in [0.15, 0.2) is 30.3 Å². The molecule has 450 valence electrons. The number of hydrogen-bond acceptors (Lipinski definition) is 19. The monoisotopic (exact) mass is 1120 g/mol. The van der Waals surface area contributed by atoms with Crippen LogP contribution in [0.15, 0.2) is 35.5 Å². The van der Waals surface area contributed by atoms with Crippen molar-refractivity contribution in [1.29, 1.82) is 0 Å². The lowest BCUT2D eigenvalue weighted by Crippen LogP contribution is -2.59. The van der Waals surface area contributed by atoms with Crippen LogP contribution in [0.3, 0.4) is 0 Å². The molecule has 21 nitrogen and oxygen atoms in total. The molecule has 4 aliphatic rings. The van der Waals surface area contributed by atoms with Gasteiger partial charge >= 0.3 is 18.0 Å². The molecule has 0 saturated carbocycles. The minimum atomic E-state index is -1.97. The summed E-state index contributed by atoms with van der Waals surface area (Å²) in [5.74, 6) is -10.6. The molecule has 0 spiro atoms. The lowest BCUT2D eigenvalue weighted by Gasteiger charge is -2.46. The highest BCUT2D eigenvalue weighted by Crippen LogP contribution is 2.44. The number of benzene rings is 1. The molecule has 0 aromatic heterocycles. The van der Waals surface area contributed by atoms with Crippen LogP contribution in [0.2, 0.25) is 0 Å². The lowest BCUT2D eigenvalue weighted by molar-refractivity contribution is -0.305. The number of oxime groups is 1. The molecule has 79 heavy (non-hydrogen) atoms. The van der Waals surface area contributed by atoms with Crippen LogP contribution in [0.4, 0.5) is 4.79 Å². The first kappa shape index (κ1) is 65.9. The number of cyclic esters (lactones) is 1. The number of nitrogens with zero attached hydrogens (tertiary/aromatic N) is 2. The highest BCUT2D eigenvalue weighted by molar-refractivity contribution is 5.92. The quantitative estimate of drug-likeness (QED) is 0.0997. The average Bonchev–Trinajstić information content (AvgIpc) is 3.53. The first-order chi connectivity index (χ1) is 37.2. The number of likely N-dealkylation sites (N-methyl/N-ethyl adjacent to an activating group) is 1. The fraction of sp³-hybridized carbons (Fsp3) is 0.810. The molecular formula is C58H95N3O18. The van der Waals surface area contributed by atoms with Crippen LogP contribution >= 0.6 is 0 Å². The fourth-order valence-corrected chi connectivity index (χ4v) is 12.6. The molecule has 1 amide bonds. The number of Topliss-reactive ketones (excluding diaryl/α,β-unsaturated/α-hetero) is 1. The van der Waals surface area contributed by atoms with Crippen molar-refractivity contribution in [2.75, 3.05) is 41.5 Å². The summed E-state index contributed by atoms with van der Waals surface area (Å²) < 4.78 is 64.1. The van der Waals surface area contributed by atoms with Crippen molar-refractivity contribution in [2.24, 2.45) is 58.4 Å². The predicted octanol–water partition coefficient (Wildman–Crippen LogP) is 6.22. The number of esters is 1. The van der Waals surface area contributed by atoms with Gasteiger partial charge in [0.05, 0.1) is 54.7 Å². The van der Waals surface area contributed by atoms with Crippen molar-refractivity contribution in [3.8, 4) is 0 Å². The van der Waals surface area contributed by atoms with E-state index in [2.05, 4.69) is 22.3 Å². The van der Waals surface area contributed by atoms with E-state index in [0.717, 1.165) is 5.56 Å². The standard InChI is InChI=1S/C58H95N3O18/c1-29(2)43(53(65)66)44-35(8)48(31(4)28-72-56-51(70-16)50(69-15)45(62)39(12)75-56)77-54(67)38(11)49(76-42-23-32(5)61(14)27-34(7)73-42)37(10)47(78-55-46(63)41(60-71-17)24-33(6)74-55)30(3)25-58(13,52(64)36(44)9)79-57(68)59-26-40-21-19-18-20-22-40/h18-22,29-39,42-51,55-56,62-63H,23-28H2,1-17H3,(H,59,68)(H,65,66)/b60-41+/t30-,31?,32-,33+,34-,35-,36+,37+,38+,39+,42-,43?,44+,45+,46+,47-,48-,49-,50+,51+,55-,56+,58-/m0/s1. The normalized spacial score (nSPS) is 39.9. The van der Waals surface area contributed by atoms with Gasteiger partial charge in [-0.1, -0.05) is 84.0 Å². The number of nitrogens with one attached hydrogen (secondary N) is 1. The Morgan fingerprint density at radius 1 is 0.835 bits per heavy atom. The molecule has 0 bridgehead atoms. The number of rotatable bonds is 17. The van der Waals surface area contributed by atoms with Gasteiger partial charge in [0, 0.05) is 63.9 Å². The summed E-state index contributed by atoms with van der Waals surface area (Å²) >= 11 is 0. The van der Waals surface area contributed by atoms with E-state index in [4.69, 9.17) is 52.2 Å². The van der Waals surface area contributed by atoms with E-state index in [1.54, 1.807) is 55.4 Å². The first-order valence-electron chi connectivity index (χ1n) is 28.3. The van der Waals surface area contributed by atoms with E-state index in [1.165, 1.54) is 28.3 Å². The Bertz CT molecular complexity index is 2140. The number of carbonyl (C=O) groups is 4. The Morgan fingerprint density at radius 3 is 2.10 bits per heavy atom. The summed E-state index contributed by atoms with van der Waals surface area (Å²) in [4.78, 5) is 66.7. The maximum Gasteiger partial charge on any atom is 0.408 e. The van der Waals surface area contributed by atoms with E-state index in [-0.39, 0.29) is 43.9 Å². The second-order valence-electron chi connectivity index (χ2n) is 23.6. The second kappa shape index (κ2) is 29.4. The zero-order valence-corrected chi connectivity index (χ0v) is 49.8. The van der Waals surface area contributed by atoms with Crippen LogP contribution in [0.1, 0.15) is 115 Å². The van der Waals surface area contributed by atoms with Crippen LogP contribution in [-0.2, 0) is 73.1 Å². The molecule has 1 aromatic rings. The van der Waals surface area contributed by atoms with Gasteiger partial charge in [-0.2, -0.15) is 0 Å². The van der Waals surface area contributed by atoms with Crippen molar-refractivity contribution >= 4 is 29.5 Å². The topological polar surface area (TPSA) is 258 Å². The molecule has 4 heterocycles. The number of aliphatic carboxylic acids is 1. The van der Waals surface area contributed by atoms with Gasteiger partial charge in [-0.3, -0.25) is 14.4 Å². The molecule has 0 radical (unpaired) electrons. The number of carboxylic acid groups (broad SMARTS) is 1. The smallest absolute Gasteiger partial charge is 0.408 e. The average molecular weight is 1120 g/mol. The third-order valence-corrected chi connectivity index (χ3v) is 17.0. The number of hydrogen-bond donors (Lipinski definition) is 4. The minimum Gasteiger partial charge on any atom is -0.481 e. The fourth-order valence-electron chi connectivity index (χ4n) is 12.6. The number of alkyl carbamates (subject to hydrolysis) is 1. The summed E-state index contributed by atoms with van der Waals surface area (Å²) in [5.41, 5.74) is -0.909. The number of amides is 1. The minimum absolute atomic E-state index is 0.00377. The summed E-state index contributed by atoms with van der Waals surface area (Å²) in [7, 11) is 6.28. The zero-order chi connectivity index (χ0) is 58.8. The molecule has 23 atom stereocenters. The van der Waals surface area contributed by atoms with E-state index in [0.29, 0.717) is 13.0 Å². The molecule has 0 aliphatic carbocycles. The van der Waals surface area contributed by atoms with Gasteiger partial charge in [0.2, 0.25) is 0 Å². The Morgan fingerprint density at radius 2 is 1.49 bits per heavy atom. The van der Waals surface area contributed by atoms with Gasteiger partial charge in [-0.15, -0.1) is 0 Å². The Balaban J connectivity index is 1.73. The largest absolute Gasteiger partial charge is 0.481 e. The number of carbonyl (C=O) groups excluding carboxylic acids is 3. The number of ether oxygens (including phenoxy) is 10. The maximum atomic E-state index is 16.0. The van der Waals surface area contributed by atoms with Crippen molar-refractivity contribution < 1.29 is 86.7 Å². The van der Waals surface area contributed by atoms with Crippen LogP contribution in [0.25, 0.3) is 0 Å². The second-order valence-corrected chi connectivity index (χ2v) is 23.6. The predicted molar refractivity (Wildman–Crippen MR) is 290 cm³/mol. The van der Waals surface area contributed by atoms with Gasteiger partial charge < -0.3 is 77.7 Å². The molecule has 21 heteroatoms. The molecular weight excluding hydrogens is 1030 g/mol. The molecule has 2 unspecified atom stereocenters. The zero-order valence-electron chi connectivity index (χ0n) is 49.8. The summed E-state index contributed by atoms with van der Waals surface area (Å²) in [6.45, 7) is 23.7. The van der Waals surface area contributed by atoms with E-state index >= 15 is 9.59 Å². The van der Waals surface area contributed by atoms with E-state index < -0.39 is 156 Å². The molecule has 4 aliphatic heterocycles. The summed E-state index contributed by atoms with van der Waals surface area (Å²) in [6.07, 6.45) is -12.4. The number of methoxy groups -OCH3 is 2. The van der Waals surface area contributed by atoms with Crippen molar-refractivity contribution in [3.63, 3.8) is 0 Å². The number of aliphatic hydroxyl groups is 2. The van der Waals surface area contributed by atoms with Crippen LogP contribution in [0, 0.1) is 53.3 Å². The third kappa shape index (κ3) is 16.4. The number of carboxylic acids is 1. The SMILES string of the molecule is CO/N=C1\C[C@@H](C)O[C@@H](O[C@@H]2[C@@H](C)[C@H](O[C@H]3C[C@H](C)N(C)C[C@H](C)O3)[C@@H](C)C(=O)O[C@@H](C(C)CO[C@@H]3O[C@H](C)[C@@H](O)[C@@H](OC)[C@H]3OC)[C@@H](C)[C@@H](C(C(=O)O)C(C)C)[C@@H](C)C(=O)[C@@](C)(OC(=O)NCc3ccccc3)C[C@@H]2C)[C@@H]1O. The molecule has 4 saturated heterocycles. The first-order valence-corrected chi connectivity index (χ1v) is 28.3. The number of aliphatic hydroxyl groups excluding tert-OH is 2. The molecule has 4 fully saturated rings. The van der Waals surface area contributed by atoms with Crippen LogP contribution in [-0.4, -0.2) is 183 Å². The molecule has 5 rings (SSSR count). The van der Waals surface area contributed by atoms with Gasteiger partial charge in [0.1, 0.15) is 37.6 Å². The highest BCUT2D eigenvalue weighted by atomic mass is 16.7. The molecule has 1 aromatic carbocycles. The third-order valence-electron chi connectivity index (χ3n) is 17.0. The van der Waals surface area contributed by atoms with E-state index in [9.17, 15) is 24.9 Å². The highest BCUT2D eigenvalue weighted by Gasteiger charge is 2.54. The van der Waals surface area contributed by atoms with Crippen molar-refractivity contribution in [1.82, 2.24) is 10.2 Å². The van der Waals surface area contributed by atoms with Crippen LogP contribution < -0.4 is 5.32 Å². The van der Waals surface area contributed by atoms with Crippen molar-refractivity contribution in [2.45, 2.75) is 207 Å². The van der Waals surface area contributed by atoms with Gasteiger partial charge in [0.25, 0.3) is 0 Å². The maximum absolute atomic E-state index is 16.0. The number of ketones is 1. The Hall–Kier alpha value is -3.87. The summed E-state index contributed by atoms with van der Waals surface area (Å²) in [6, 6.07) is 9.20. The van der Waals surface area contributed by atoms with Gasteiger partial charge in [-0.05, 0) is 84.2 Å². The van der Waals surface area contributed by atoms with Crippen molar-refractivity contribution in [3.05, 3.63) is 35.9 Å². The Labute approximate surface area is 468 Å². The van der Waals surface area contributed by atoms with Gasteiger partial charge in [-0.25, -0.2) is 4.79 Å².